The van der Waals surface area contributed by atoms with Crippen LogP contribution in [0.2, 0.25) is 5.02 Å². The van der Waals surface area contributed by atoms with Gasteiger partial charge in [-0.05, 0) is 36.4 Å². The van der Waals surface area contributed by atoms with Gasteiger partial charge in [-0.25, -0.2) is 8.42 Å². The van der Waals surface area contributed by atoms with Gasteiger partial charge in [0, 0.05) is 19.0 Å². The first-order valence-electron chi connectivity index (χ1n) is 7.57. The van der Waals surface area contributed by atoms with Crippen LogP contribution in [0.25, 0.3) is 0 Å². The number of thiophene rings is 1. The Morgan fingerprint density at radius 3 is 2.50 bits per heavy atom. The molecule has 0 spiro atoms. The number of nitrogens with zero attached hydrogens (tertiary/aromatic N) is 1. The number of amides is 1. The summed E-state index contributed by atoms with van der Waals surface area (Å²) in [7, 11) is -3.43. The molecule has 1 aliphatic rings. The summed E-state index contributed by atoms with van der Waals surface area (Å²) < 4.78 is 26.8. The van der Waals surface area contributed by atoms with Crippen LogP contribution in [0.3, 0.4) is 0 Å². The van der Waals surface area contributed by atoms with Crippen LogP contribution < -0.4 is 5.32 Å². The van der Waals surface area contributed by atoms with E-state index in [1.807, 2.05) is 0 Å². The standard InChI is InChI=1S/C16H17ClN2O3S2/c17-13-4-1-2-5-14(13)18-16(20)12-7-9-19(10-8-12)24(21,22)15-6-3-11-23-15/h1-6,11-12H,7-10H2,(H,18,20). The van der Waals surface area contributed by atoms with Crippen LogP contribution >= 0.6 is 22.9 Å². The fourth-order valence-corrected chi connectivity index (χ4v) is 5.49. The number of piperidine rings is 1. The van der Waals surface area contributed by atoms with E-state index in [1.54, 1.807) is 41.8 Å². The lowest BCUT2D eigenvalue weighted by Crippen LogP contribution is -2.41. The molecule has 0 radical (unpaired) electrons. The molecule has 1 aromatic carbocycles. The van der Waals surface area contributed by atoms with E-state index < -0.39 is 10.0 Å². The Hall–Kier alpha value is -1.41. The molecule has 0 saturated carbocycles. The second-order valence-electron chi connectivity index (χ2n) is 5.58. The molecule has 8 heteroatoms. The predicted octanol–water partition coefficient (Wildman–Crippen LogP) is 3.44. The maximum absolute atomic E-state index is 12.5. The molecule has 1 aromatic heterocycles. The summed E-state index contributed by atoms with van der Waals surface area (Å²) in [6.07, 6.45) is 1.00. The van der Waals surface area contributed by atoms with Crippen LogP contribution in [0.5, 0.6) is 0 Å². The average Bonchev–Trinajstić information content (AvgIpc) is 3.12. The number of para-hydroxylation sites is 1. The van der Waals surface area contributed by atoms with Crippen molar-refractivity contribution < 1.29 is 13.2 Å². The zero-order valence-corrected chi connectivity index (χ0v) is 15.2. The molecule has 24 heavy (non-hydrogen) atoms. The Morgan fingerprint density at radius 2 is 1.88 bits per heavy atom. The van der Waals surface area contributed by atoms with Crippen molar-refractivity contribution in [2.24, 2.45) is 5.92 Å². The Morgan fingerprint density at radius 1 is 1.17 bits per heavy atom. The summed E-state index contributed by atoms with van der Waals surface area (Å²) in [5.41, 5.74) is 0.581. The SMILES string of the molecule is O=C(Nc1ccccc1Cl)C1CCN(S(=O)(=O)c2cccs2)CC1. The summed E-state index contributed by atoms with van der Waals surface area (Å²) in [5, 5.41) is 5.06. The minimum Gasteiger partial charge on any atom is -0.325 e. The Balaban J connectivity index is 1.61. The van der Waals surface area contributed by atoms with Crippen molar-refractivity contribution in [1.29, 1.82) is 0 Å². The van der Waals surface area contributed by atoms with E-state index in [1.165, 1.54) is 15.6 Å². The summed E-state index contributed by atoms with van der Waals surface area (Å²) in [6, 6.07) is 10.4. The molecule has 0 aliphatic carbocycles. The number of carbonyl (C=O) groups is 1. The number of rotatable bonds is 4. The van der Waals surface area contributed by atoms with Gasteiger partial charge in [0.15, 0.2) is 0 Å². The zero-order chi connectivity index (χ0) is 17.2. The van der Waals surface area contributed by atoms with E-state index in [2.05, 4.69) is 5.32 Å². The minimum atomic E-state index is -3.43. The molecule has 1 fully saturated rings. The van der Waals surface area contributed by atoms with Crippen molar-refractivity contribution in [3.8, 4) is 0 Å². The molecule has 5 nitrogen and oxygen atoms in total. The third-order valence-electron chi connectivity index (χ3n) is 4.05. The highest BCUT2D eigenvalue weighted by Crippen LogP contribution is 2.28. The highest BCUT2D eigenvalue weighted by atomic mass is 35.5. The maximum Gasteiger partial charge on any atom is 0.252 e. The van der Waals surface area contributed by atoms with Crippen molar-refractivity contribution in [2.75, 3.05) is 18.4 Å². The fourth-order valence-electron chi connectivity index (χ4n) is 2.69. The molecule has 0 unspecified atom stereocenters. The van der Waals surface area contributed by atoms with Crippen molar-refractivity contribution in [3.63, 3.8) is 0 Å². The van der Waals surface area contributed by atoms with E-state index in [0.717, 1.165) is 0 Å². The van der Waals surface area contributed by atoms with E-state index in [0.29, 0.717) is 40.9 Å². The van der Waals surface area contributed by atoms with Crippen LogP contribution in [0.1, 0.15) is 12.8 Å². The number of carbonyl (C=O) groups excluding carboxylic acids is 1. The van der Waals surface area contributed by atoms with E-state index in [-0.39, 0.29) is 11.8 Å². The molecule has 2 heterocycles. The molecule has 3 rings (SSSR count). The van der Waals surface area contributed by atoms with E-state index >= 15 is 0 Å². The molecule has 0 atom stereocenters. The molecule has 1 N–H and O–H groups in total. The van der Waals surface area contributed by atoms with Crippen LogP contribution in [-0.2, 0) is 14.8 Å². The van der Waals surface area contributed by atoms with Crippen LogP contribution in [-0.4, -0.2) is 31.7 Å². The van der Waals surface area contributed by atoms with Crippen molar-refractivity contribution >= 4 is 44.6 Å². The molecule has 128 valence electrons. The lowest BCUT2D eigenvalue weighted by atomic mass is 9.97. The van der Waals surface area contributed by atoms with Gasteiger partial charge in [0.1, 0.15) is 4.21 Å². The van der Waals surface area contributed by atoms with Crippen LogP contribution in [0.15, 0.2) is 46.0 Å². The van der Waals surface area contributed by atoms with Crippen LogP contribution in [0, 0.1) is 5.92 Å². The molecule has 0 bridgehead atoms. The molecular weight excluding hydrogens is 368 g/mol. The Kier molecular flexibility index (Phi) is 5.24. The van der Waals surface area contributed by atoms with Crippen molar-refractivity contribution in [3.05, 3.63) is 46.8 Å². The highest BCUT2D eigenvalue weighted by Gasteiger charge is 2.32. The maximum atomic E-state index is 12.5. The Bertz CT molecular complexity index is 814. The van der Waals surface area contributed by atoms with Gasteiger partial charge in [-0.3, -0.25) is 4.79 Å². The first kappa shape index (κ1) is 17.4. The van der Waals surface area contributed by atoms with Gasteiger partial charge in [-0.1, -0.05) is 29.8 Å². The molecule has 1 saturated heterocycles. The largest absolute Gasteiger partial charge is 0.325 e. The van der Waals surface area contributed by atoms with Gasteiger partial charge in [0.2, 0.25) is 5.91 Å². The monoisotopic (exact) mass is 384 g/mol. The minimum absolute atomic E-state index is 0.115. The highest BCUT2D eigenvalue weighted by molar-refractivity contribution is 7.91. The Labute approximate surface area is 150 Å². The zero-order valence-electron chi connectivity index (χ0n) is 12.8. The third kappa shape index (κ3) is 3.64. The third-order valence-corrected chi connectivity index (χ3v) is 7.65. The second kappa shape index (κ2) is 7.23. The quantitative estimate of drug-likeness (QED) is 0.878. The molecule has 1 aliphatic heterocycles. The molecule has 2 aromatic rings. The fraction of sp³-hybridized carbons (Fsp3) is 0.312. The number of benzene rings is 1. The molecule has 1 amide bonds. The van der Waals surface area contributed by atoms with Gasteiger partial charge in [-0.15, -0.1) is 11.3 Å². The van der Waals surface area contributed by atoms with Gasteiger partial charge in [0.05, 0.1) is 10.7 Å². The van der Waals surface area contributed by atoms with Crippen molar-refractivity contribution in [1.82, 2.24) is 4.31 Å². The first-order chi connectivity index (χ1) is 11.5. The van der Waals surface area contributed by atoms with E-state index in [9.17, 15) is 13.2 Å². The van der Waals surface area contributed by atoms with E-state index in [4.69, 9.17) is 11.6 Å². The number of sulfonamides is 1. The first-order valence-corrected chi connectivity index (χ1v) is 10.3. The summed E-state index contributed by atoms with van der Waals surface area (Å²) in [4.78, 5) is 12.4. The smallest absolute Gasteiger partial charge is 0.252 e. The number of anilines is 1. The average molecular weight is 385 g/mol. The summed E-state index contributed by atoms with van der Waals surface area (Å²) in [5.74, 6) is -0.327. The van der Waals surface area contributed by atoms with Crippen molar-refractivity contribution in [2.45, 2.75) is 17.1 Å². The topological polar surface area (TPSA) is 66.5 Å². The normalized spacial score (nSPS) is 16.9. The number of halogens is 1. The van der Waals surface area contributed by atoms with Gasteiger partial charge in [-0.2, -0.15) is 4.31 Å². The van der Waals surface area contributed by atoms with Gasteiger partial charge >= 0.3 is 0 Å². The lowest BCUT2D eigenvalue weighted by molar-refractivity contribution is -0.120. The second-order valence-corrected chi connectivity index (χ2v) is 9.10. The summed E-state index contributed by atoms with van der Waals surface area (Å²) in [6.45, 7) is 0.696. The van der Waals surface area contributed by atoms with Crippen LogP contribution in [0.4, 0.5) is 5.69 Å². The number of hydrogen-bond acceptors (Lipinski definition) is 4. The molecular formula is C16H17ClN2O3S2. The summed E-state index contributed by atoms with van der Waals surface area (Å²) >= 11 is 7.26. The number of hydrogen-bond donors (Lipinski definition) is 1. The van der Waals surface area contributed by atoms with Gasteiger partial charge in [0.25, 0.3) is 10.0 Å². The van der Waals surface area contributed by atoms with Gasteiger partial charge < -0.3 is 5.32 Å². The number of nitrogens with one attached hydrogen (secondary N) is 1. The predicted molar refractivity (Wildman–Crippen MR) is 95.9 cm³/mol. The lowest BCUT2D eigenvalue weighted by Gasteiger charge is -2.30.